The third-order valence-electron chi connectivity index (χ3n) is 9.13. The minimum atomic E-state index is -1.04. The summed E-state index contributed by atoms with van der Waals surface area (Å²) in [6.45, 7) is 1.36. The summed E-state index contributed by atoms with van der Waals surface area (Å²) in [4.78, 5) is 14.7. The summed E-state index contributed by atoms with van der Waals surface area (Å²) < 4.78 is 4.53. The largest absolute Gasteiger partial charge is 0.343 e. The fourth-order valence-corrected chi connectivity index (χ4v) is 7.06. The van der Waals surface area contributed by atoms with E-state index in [0.717, 1.165) is 55.3 Å². The van der Waals surface area contributed by atoms with Gasteiger partial charge in [-0.05, 0) is 29.3 Å². The Morgan fingerprint density at radius 1 is 0.522 bits per heavy atom. The lowest BCUT2D eigenvalue weighted by Gasteiger charge is -2.28. The van der Waals surface area contributed by atoms with Crippen LogP contribution in [-0.4, -0.2) is 15.0 Å². The zero-order chi connectivity index (χ0) is 30.9. The van der Waals surface area contributed by atoms with Crippen molar-refractivity contribution in [1.29, 1.82) is 0 Å². The number of hydrogen-bond donors (Lipinski definition) is 1. The third kappa shape index (κ3) is 4.58. The highest BCUT2D eigenvalue weighted by atomic mass is 16.2. The Labute approximate surface area is 268 Å². The first-order chi connectivity index (χ1) is 22.7. The van der Waals surface area contributed by atoms with E-state index in [0.29, 0.717) is 13.1 Å². The van der Waals surface area contributed by atoms with E-state index in [9.17, 15) is 4.79 Å². The van der Waals surface area contributed by atoms with E-state index in [-0.39, 0.29) is 5.91 Å². The highest BCUT2D eigenvalue weighted by molar-refractivity contribution is 6.15. The number of benzene rings is 5. The molecule has 2 aromatic heterocycles. The number of carbonyl (C=O) groups is 1. The van der Waals surface area contributed by atoms with Gasteiger partial charge in [-0.3, -0.25) is 4.79 Å². The molecule has 4 nitrogen and oxygen atoms in total. The smallest absolute Gasteiger partial charge is 0.244 e. The molecule has 3 heterocycles. The molecule has 7 aromatic rings. The lowest BCUT2D eigenvalue weighted by atomic mass is 9.70. The van der Waals surface area contributed by atoms with Gasteiger partial charge in [0.25, 0.3) is 0 Å². The molecule has 0 unspecified atom stereocenters. The van der Waals surface area contributed by atoms with Crippen molar-refractivity contribution in [1.82, 2.24) is 9.13 Å². The van der Waals surface area contributed by atoms with Crippen molar-refractivity contribution in [2.24, 2.45) is 0 Å². The monoisotopic (exact) mass is 595 g/mol. The van der Waals surface area contributed by atoms with E-state index in [2.05, 4.69) is 154 Å². The van der Waals surface area contributed by atoms with Gasteiger partial charge in [0.1, 0.15) is 5.41 Å². The van der Waals surface area contributed by atoms with Crippen LogP contribution in [0.5, 0.6) is 0 Å². The molecule has 0 aliphatic carbocycles. The molecule has 222 valence electrons. The molecule has 1 N–H and O–H groups in total. The van der Waals surface area contributed by atoms with Gasteiger partial charge in [-0.15, -0.1) is 0 Å². The summed E-state index contributed by atoms with van der Waals surface area (Å²) in [6.07, 6.45) is 13.1. The van der Waals surface area contributed by atoms with Gasteiger partial charge in [0.15, 0.2) is 0 Å². The van der Waals surface area contributed by atoms with Gasteiger partial charge in [-0.25, -0.2) is 0 Å². The average Bonchev–Trinajstić information content (AvgIpc) is 3.75. The van der Waals surface area contributed by atoms with Gasteiger partial charge >= 0.3 is 0 Å². The fraction of sp³-hybridized carbons (Fsp3) is 0.0714. The maximum absolute atomic E-state index is 14.7. The van der Waals surface area contributed by atoms with Crippen LogP contribution < -0.4 is 5.32 Å². The first kappa shape index (κ1) is 27.7. The number of nitrogens with zero attached hydrogens (tertiary/aromatic N) is 2. The number of carbonyl (C=O) groups excluding carboxylic acids is 1. The van der Waals surface area contributed by atoms with Crippen molar-refractivity contribution in [3.05, 3.63) is 186 Å². The molecule has 0 radical (unpaired) electrons. The SMILES string of the molecule is O=C1Nc2ccccc2C1(c1cn(CC=Cc2ccccc2)c2ccccc12)c1cn(CC=Cc2ccccc2)c2ccccc12. The number of anilines is 1. The Kier molecular flexibility index (Phi) is 6.96. The Hall–Kier alpha value is -5.87. The van der Waals surface area contributed by atoms with Gasteiger partial charge in [0, 0.05) is 69.7 Å². The van der Waals surface area contributed by atoms with Gasteiger partial charge in [-0.2, -0.15) is 0 Å². The zero-order valence-corrected chi connectivity index (χ0v) is 25.4. The molecule has 0 saturated heterocycles. The predicted octanol–water partition coefficient (Wildman–Crippen LogP) is 9.31. The van der Waals surface area contributed by atoms with Crippen LogP contribution in [0, 0.1) is 0 Å². The quantitative estimate of drug-likeness (QED) is 0.187. The zero-order valence-electron chi connectivity index (χ0n) is 25.4. The van der Waals surface area contributed by atoms with Crippen LogP contribution in [0.1, 0.15) is 27.8 Å². The number of amides is 1. The number of aromatic nitrogens is 2. The summed E-state index contributed by atoms with van der Waals surface area (Å²) >= 11 is 0. The molecule has 0 bridgehead atoms. The molecule has 4 heteroatoms. The standard InChI is InChI=1S/C42H33N3O/c46-41-42(35-23-9-10-24-38(35)43-41,36-29-44(39-25-11-7-21-33(36)39)27-13-19-31-15-3-1-4-16-31)37-30-45(40-26-12-8-22-34(37)40)28-14-20-32-17-5-2-6-18-32/h1-26,29-30H,27-28H2,(H,43,46). The molecular weight excluding hydrogens is 562 g/mol. The maximum Gasteiger partial charge on any atom is 0.244 e. The molecule has 1 aliphatic rings. The van der Waals surface area contributed by atoms with Gasteiger partial charge in [0.2, 0.25) is 5.91 Å². The molecule has 0 spiro atoms. The Morgan fingerprint density at radius 3 is 1.52 bits per heavy atom. The van der Waals surface area contributed by atoms with Crippen LogP contribution in [-0.2, 0) is 23.3 Å². The number of fused-ring (bicyclic) bond motifs is 3. The van der Waals surface area contributed by atoms with E-state index < -0.39 is 5.41 Å². The summed E-state index contributed by atoms with van der Waals surface area (Å²) in [5.74, 6) is -0.0286. The highest BCUT2D eigenvalue weighted by Crippen LogP contribution is 2.52. The molecule has 46 heavy (non-hydrogen) atoms. The maximum atomic E-state index is 14.7. The van der Waals surface area contributed by atoms with Gasteiger partial charge in [0.05, 0.1) is 0 Å². The number of rotatable bonds is 8. The minimum absolute atomic E-state index is 0.0286. The van der Waals surface area contributed by atoms with E-state index in [1.165, 1.54) is 0 Å². The van der Waals surface area contributed by atoms with Crippen LogP contribution in [0.4, 0.5) is 5.69 Å². The van der Waals surface area contributed by atoms with Gasteiger partial charge < -0.3 is 14.5 Å². The van der Waals surface area contributed by atoms with E-state index in [1.54, 1.807) is 0 Å². The highest BCUT2D eigenvalue weighted by Gasteiger charge is 2.52. The van der Waals surface area contributed by atoms with E-state index in [1.807, 2.05) is 30.3 Å². The number of nitrogens with one attached hydrogen (secondary N) is 1. The minimum Gasteiger partial charge on any atom is -0.343 e. The van der Waals surface area contributed by atoms with Crippen LogP contribution in [0.2, 0.25) is 0 Å². The van der Waals surface area contributed by atoms with Crippen molar-refractivity contribution in [2.45, 2.75) is 18.5 Å². The molecule has 1 aliphatic heterocycles. The number of hydrogen-bond acceptors (Lipinski definition) is 1. The second-order valence-electron chi connectivity index (χ2n) is 11.8. The second-order valence-corrected chi connectivity index (χ2v) is 11.8. The Bertz CT molecular complexity index is 2120. The molecule has 0 saturated carbocycles. The molecule has 0 fully saturated rings. The molecular formula is C42H33N3O. The van der Waals surface area contributed by atoms with Crippen molar-refractivity contribution < 1.29 is 4.79 Å². The third-order valence-corrected chi connectivity index (χ3v) is 9.13. The fourth-order valence-electron chi connectivity index (χ4n) is 7.06. The van der Waals surface area contributed by atoms with Crippen molar-refractivity contribution in [3.8, 4) is 0 Å². The van der Waals surface area contributed by atoms with E-state index >= 15 is 0 Å². The molecule has 5 aromatic carbocycles. The van der Waals surface area contributed by atoms with Crippen LogP contribution >= 0.6 is 0 Å². The lowest BCUT2D eigenvalue weighted by Crippen LogP contribution is -2.36. The summed E-state index contributed by atoms with van der Waals surface area (Å²) in [5.41, 5.74) is 7.28. The van der Waals surface area contributed by atoms with E-state index in [4.69, 9.17) is 0 Å². The number of allylic oxidation sites excluding steroid dienone is 2. The van der Waals surface area contributed by atoms with Gasteiger partial charge in [-0.1, -0.05) is 140 Å². The topological polar surface area (TPSA) is 39.0 Å². The van der Waals surface area contributed by atoms with Crippen LogP contribution in [0.25, 0.3) is 34.0 Å². The second kappa shape index (κ2) is 11.6. The first-order valence-corrected chi connectivity index (χ1v) is 15.7. The number of para-hydroxylation sites is 3. The van der Waals surface area contributed by atoms with Crippen LogP contribution in [0.15, 0.2) is 158 Å². The normalized spacial score (nSPS) is 16.1. The van der Waals surface area contributed by atoms with Crippen molar-refractivity contribution >= 4 is 45.6 Å². The summed E-state index contributed by atoms with van der Waals surface area (Å²) in [6, 6.07) is 45.7. The predicted molar refractivity (Wildman–Crippen MR) is 190 cm³/mol. The van der Waals surface area contributed by atoms with Crippen molar-refractivity contribution in [2.75, 3.05) is 5.32 Å². The lowest BCUT2D eigenvalue weighted by molar-refractivity contribution is -0.118. The Morgan fingerprint density at radius 2 is 0.978 bits per heavy atom. The molecule has 1 amide bonds. The van der Waals surface area contributed by atoms with Crippen molar-refractivity contribution in [3.63, 3.8) is 0 Å². The molecule has 8 rings (SSSR count). The molecule has 0 atom stereocenters. The summed E-state index contributed by atoms with van der Waals surface area (Å²) in [7, 11) is 0. The first-order valence-electron chi connectivity index (χ1n) is 15.7. The van der Waals surface area contributed by atoms with Crippen LogP contribution in [0.3, 0.4) is 0 Å². The Balaban J connectivity index is 1.32. The summed E-state index contributed by atoms with van der Waals surface area (Å²) in [5, 5.41) is 5.42. The average molecular weight is 596 g/mol.